The molecule has 0 aromatic heterocycles. The van der Waals surface area contributed by atoms with Gasteiger partial charge < -0.3 is 11.5 Å². The summed E-state index contributed by atoms with van der Waals surface area (Å²) in [5.74, 6) is 0.490. The zero-order chi connectivity index (χ0) is 10.3. The lowest BCUT2D eigenvalue weighted by Gasteiger charge is -2.32. The Balaban J connectivity index is 3.87. The van der Waals surface area contributed by atoms with Crippen LogP contribution >= 0.6 is 0 Å². The Bertz CT molecular complexity index is 121. The van der Waals surface area contributed by atoms with Gasteiger partial charge in [-0.05, 0) is 18.8 Å². The van der Waals surface area contributed by atoms with E-state index in [2.05, 4.69) is 20.8 Å². The van der Waals surface area contributed by atoms with Crippen molar-refractivity contribution in [2.45, 2.75) is 65.0 Å². The largest absolute Gasteiger partial charge is 0.313 e. The van der Waals surface area contributed by atoms with E-state index in [1.165, 1.54) is 25.7 Å². The van der Waals surface area contributed by atoms with Gasteiger partial charge in [-0.25, -0.2) is 0 Å². The highest BCUT2D eigenvalue weighted by atomic mass is 15.0. The maximum absolute atomic E-state index is 6.03. The van der Waals surface area contributed by atoms with Crippen LogP contribution in [0.5, 0.6) is 0 Å². The van der Waals surface area contributed by atoms with E-state index in [-0.39, 0.29) is 0 Å². The summed E-state index contributed by atoms with van der Waals surface area (Å²) in [6.07, 6.45) is 7.00. The molecular formula is C11H26N2. The first-order valence-corrected chi connectivity index (χ1v) is 5.66. The van der Waals surface area contributed by atoms with Gasteiger partial charge in [0.2, 0.25) is 0 Å². The molecule has 2 nitrogen and oxygen atoms in total. The van der Waals surface area contributed by atoms with Crippen LogP contribution in [0.3, 0.4) is 0 Å². The quantitative estimate of drug-likeness (QED) is 0.474. The van der Waals surface area contributed by atoms with Gasteiger partial charge in [-0.2, -0.15) is 0 Å². The van der Waals surface area contributed by atoms with Crippen LogP contribution in [-0.4, -0.2) is 5.66 Å². The van der Waals surface area contributed by atoms with Gasteiger partial charge in [-0.3, -0.25) is 0 Å². The van der Waals surface area contributed by atoms with E-state index in [0.29, 0.717) is 5.92 Å². The van der Waals surface area contributed by atoms with E-state index in [1.54, 1.807) is 0 Å². The van der Waals surface area contributed by atoms with E-state index in [1.807, 2.05) is 0 Å². The lowest BCUT2D eigenvalue weighted by molar-refractivity contribution is 0.240. The highest BCUT2D eigenvalue weighted by molar-refractivity contribution is 4.83. The molecule has 0 rings (SSSR count). The second kappa shape index (κ2) is 6.39. The molecule has 0 aliphatic carbocycles. The smallest absolute Gasteiger partial charge is 0.0662 e. The molecule has 13 heavy (non-hydrogen) atoms. The fourth-order valence-electron chi connectivity index (χ4n) is 1.78. The first-order valence-electron chi connectivity index (χ1n) is 5.66. The van der Waals surface area contributed by atoms with Crippen molar-refractivity contribution in [1.29, 1.82) is 0 Å². The average Bonchev–Trinajstić information content (AvgIpc) is 2.12. The first-order chi connectivity index (χ1) is 6.08. The van der Waals surface area contributed by atoms with Gasteiger partial charge in [0, 0.05) is 0 Å². The van der Waals surface area contributed by atoms with Crippen LogP contribution in [0.1, 0.15) is 59.3 Å². The molecule has 1 atom stereocenters. The van der Waals surface area contributed by atoms with Crippen LogP contribution < -0.4 is 11.5 Å². The summed E-state index contributed by atoms with van der Waals surface area (Å²) in [7, 11) is 0. The van der Waals surface area contributed by atoms with Crippen molar-refractivity contribution in [3.05, 3.63) is 0 Å². The van der Waals surface area contributed by atoms with Crippen molar-refractivity contribution >= 4 is 0 Å². The summed E-state index contributed by atoms with van der Waals surface area (Å²) in [6.45, 7) is 6.47. The van der Waals surface area contributed by atoms with Crippen molar-refractivity contribution in [1.82, 2.24) is 0 Å². The molecule has 0 aromatic carbocycles. The molecule has 0 aliphatic heterocycles. The Morgan fingerprint density at radius 1 is 1.08 bits per heavy atom. The zero-order valence-corrected chi connectivity index (χ0v) is 9.47. The van der Waals surface area contributed by atoms with Gasteiger partial charge in [-0.1, -0.05) is 46.5 Å². The average molecular weight is 186 g/mol. The number of hydrogen-bond acceptors (Lipinski definition) is 2. The third kappa shape index (κ3) is 4.63. The first kappa shape index (κ1) is 12.9. The molecule has 1 unspecified atom stereocenters. The number of hydrogen-bond donors (Lipinski definition) is 2. The number of nitrogens with two attached hydrogens (primary N) is 2. The second-order valence-electron chi connectivity index (χ2n) is 4.07. The summed E-state index contributed by atoms with van der Waals surface area (Å²) >= 11 is 0. The van der Waals surface area contributed by atoms with Crippen LogP contribution in [0.15, 0.2) is 0 Å². The number of rotatable bonds is 7. The van der Waals surface area contributed by atoms with E-state index in [0.717, 1.165) is 12.8 Å². The van der Waals surface area contributed by atoms with Crippen molar-refractivity contribution in [3.63, 3.8) is 0 Å². The third-order valence-electron chi connectivity index (χ3n) is 3.02. The fourth-order valence-corrected chi connectivity index (χ4v) is 1.78. The standard InChI is InChI=1S/C11H26N2/c1-4-7-8-9-10(5-2)11(12,13)6-3/h10H,4-9,12-13H2,1-3H3. The monoisotopic (exact) mass is 186 g/mol. The highest BCUT2D eigenvalue weighted by Crippen LogP contribution is 2.22. The van der Waals surface area contributed by atoms with Crippen LogP contribution in [0.2, 0.25) is 0 Å². The molecule has 0 spiro atoms. The van der Waals surface area contributed by atoms with Crippen molar-refractivity contribution < 1.29 is 0 Å². The van der Waals surface area contributed by atoms with E-state index in [4.69, 9.17) is 11.5 Å². The van der Waals surface area contributed by atoms with Gasteiger partial charge in [0.15, 0.2) is 0 Å². The van der Waals surface area contributed by atoms with E-state index >= 15 is 0 Å². The predicted molar refractivity (Wildman–Crippen MR) is 59.3 cm³/mol. The summed E-state index contributed by atoms with van der Waals surface area (Å²) in [6, 6.07) is 0. The Labute approximate surface area is 83.1 Å². The topological polar surface area (TPSA) is 52.0 Å². The van der Waals surface area contributed by atoms with Gasteiger partial charge in [-0.15, -0.1) is 0 Å². The Kier molecular flexibility index (Phi) is 6.35. The lowest BCUT2D eigenvalue weighted by atomic mass is 9.85. The van der Waals surface area contributed by atoms with Gasteiger partial charge in [0.25, 0.3) is 0 Å². The van der Waals surface area contributed by atoms with Crippen LogP contribution in [-0.2, 0) is 0 Å². The molecule has 0 bridgehead atoms. The van der Waals surface area contributed by atoms with Crippen molar-refractivity contribution in [2.75, 3.05) is 0 Å². The summed E-state index contributed by atoms with van der Waals surface area (Å²) in [4.78, 5) is 0. The van der Waals surface area contributed by atoms with Crippen LogP contribution in [0, 0.1) is 5.92 Å². The molecule has 0 radical (unpaired) electrons. The minimum Gasteiger partial charge on any atom is -0.313 e. The predicted octanol–water partition coefficient (Wildman–Crippen LogP) is 2.62. The summed E-state index contributed by atoms with van der Waals surface area (Å²) in [5.41, 5.74) is 11.6. The minimum atomic E-state index is -0.442. The third-order valence-corrected chi connectivity index (χ3v) is 3.02. The SMILES string of the molecule is CCCCCC(CC)C(N)(N)CC. The minimum absolute atomic E-state index is 0.442. The molecule has 0 amide bonds. The van der Waals surface area contributed by atoms with Gasteiger partial charge in [0.05, 0.1) is 5.66 Å². The second-order valence-corrected chi connectivity index (χ2v) is 4.07. The molecular weight excluding hydrogens is 160 g/mol. The fraction of sp³-hybridized carbons (Fsp3) is 1.00. The van der Waals surface area contributed by atoms with Gasteiger partial charge in [0.1, 0.15) is 0 Å². The molecule has 0 saturated heterocycles. The van der Waals surface area contributed by atoms with Crippen LogP contribution in [0.25, 0.3) is 0 Å². The molecule has 0 saturated carbocycles. The Hall–Kier alpha value is -0.0800. The Morgan fingerprint density at radius 2 is 1.69 bits per heavy atom. The van der Waals surface area contributed by atoms with Crippen molar-refractivity contribution in [2.24, 2.45) is 17.4 Å². The van der Waals surface area contributed by atoms with Gasteiger partial charge >= 0.3 is 0 Å². The van der Waals surface area contributed by atoms with Crippen molar-refractivity contribution in [3.8, 4) is 0 Å². The normalized spacial score (nSPS) is 14.5. The molecule has 4 N–H and O–H groups in total. The van der Waals surface area contributed by atoms with E-state index < -0.39 is 5.66 Å². The Morgan fingerprint density at radius 3 is 2.08 bits per heavy atom. The molecule has 2 heteroatoms. The molecule has 0 aromatic rings. The summed E-state index contributed by atoms with van der Waals surface area (Å²) in [5, 5.41) is 0. The number of unbranched alkanes of at least 4 members (excludes halogenated alkanes) is 2. The van der Waals surface area contributed by atoms with E-state index in [9.17, 15) is 0 Å². The van der Waals surface area contributed by atoms with Crippen LogP contribution in [0.4, 0.5) is 0 Å². The maximum Gasteiger partial charge on any atom is 0.0662 e. The maximum atomic E-state index is 6.03. The molecule has 80 valence electrons. The zero-order valence-electron chi connectivity index (χ0n) is 9.47. The molecule has 0 fully saturated rings. The summed E-state index contributed by atoms with van der Waals surface area (Å²) < 4.78 is 0. The lowest BCUT2D eigenvalue weighted by Crippen LogP contribution is -2.54. The molecule has 0 aliphatic rings. The molecule has 0 heterocycles. The highest BCUT2D eigenvalue weighted by Gasteiger charge is 2.26.